The highest BCUT2D eigenvalue weighted by Gasteiger charge is 2.38. The predicted molar refractivity (Wildman–Crippen MR) is 88.4 cm³/mol. The molecule has 0 aliphatic rings. The van der Waals surface area contributed by atoms with Crippen LogP contribution in [0.4, 0.5) is 26.3 Å². The lowest BCUT2D eigenvalue weighted by Crippen LogP contribution is -2.43. The van der Waals surface area contributed by atoms with Gasteiger partial charge in [0.15, 0.2) is 5.78 Å². The number of nitrogens with one attached hydrogen (secondary N) is 3. The van der Waals surface area contributed by atoms with Gasteiger partial charge in [-0.1, -0.05) is 6.92 Å². The molecule has 2 atom stereocenters. The highest BCUT2D eigenvalue weighted by Crippen LogP contribution is 2.15. The van der Waals surface area contributed by atoms with Crippen LogP contribution in [0.15, 0.2) is 0 Å². The van der Waals surface area contributed by atoms with Crippen molar-refractivity contribution in [2.24, 2.45) is 5.92 Å². The van der Waals surface area contributed by atoms with Crippen molar-refractivity contribution in [1.29, 1.82) is 0 Å². The minimum absolute atomic E-state index is 0.00417. The fourth-order valence-corrected chi connectivity index (χ4v) is 2.14. The highest BCUT2D eigenvalue weighted by atomic mass is 19.4. The van der Waals surface area contributed by atoms with E-state index in [1.54, 1.807) is 10.6 Å². The Morgan fingerprint density at radius 3 is 1.59 bits per heavy atom. The number of halogens is 6. The van der Waals surface area contributed by atoms with Crippen molar-refractivity contribution < 1.29 is 45.5 Å². The Balaban J connectivity index is 4.30. The van der Waals surface area contributed by atoms with Gasteiger partial charge in [0.25, 0.3) is 0 Å². The van der Waals surface area contributed by atoms with Gasteiger partial charge in [-0.25, -0.2) is 0 Å². The molecule has 3 amide bonds. The molecule has 0 spiro atoms. The molecule has 29 heavy (non-hydrogen) atoms. The number of amides is 3. The van der Waals surface area contributed by atoms with Gasteiger partial charge in [-0.3, -0.25) is 19.2 Å². The van der Waals surface area contributed by atoms with Gasteiger partial charge in [-0.05, 0) is 32.6 Å². The Morgan fingerprint density at radius 1 is 0.793 bits per heavy atom. The van der Waals surface area contributed by atoms with E-state index in [0.717, 1.165) is 0 Å². The fourth-order valence-electron chi connectivity index (χ4n) is 2.14. The quantitative estimate of drug-likeness (QED) is 0.339. The summed E-state index contributed by atoms with van der Waals surface area (Å²) in [7, 11) is 0. The highest BCUT2D eigenvalue weighted by molar-refractivity contribution is 5.88. The lowest BCUT2D eigenvalue weighted by Gasteiger charge is -2.19. The van der Waals surface area contributed by atoms with E-state index in [4.69, 9.17) is 0 Å². The van der Waals surface area contributed by atoms with E-state index in [2.05, 4.69) is 5.32 Å². The van der Waals surface area contributed by atoms with Crippen molar-refractivity contribution in [1.82, 2.24) is 16.0 Å². The normalized spacial score (nSPS) is 13.9. The molecule has 0 radical (unpaired) electrons. The predicted octanol–water partition coefficient (Wildman–Crippen LogP) is 1.61. The maximum absolute atomic E-state index is 12.1. The van der Waals surface area contributed by atoms with Gasteiger partial charge < -0.3 is 16.0 Å². The molecule has 0 unspecified atom stereocenters. The first kappa shape index (κ1) is 26.7. The minimum atomic E-state index is -5.01. The zero-order chi connectivity index (χ0) is 22.8. The number of carbonyl (C=O) groups is 4. The van der Waals surface area contributed by atoms with Crippen LogP contribution in [0.1, 0.15) is 39.5 Å². The van der Waals surface area contributed by atoms with Crippen LogP contribution in [0.3, 0.4) is 0 Å². The number of rotatable bonds is 11. The topological polar surface area (TPSA) is 104 Å². The molecule has 0 bridgehead atoms. The average molecular weight is 435 g/mol. The third kappa shape index (κ3) is 11.3. The Hall–Kier alpha value is -2.34. The molecule has 3 N–H and O–H groups in total. The van der Waals surface area contributed by atoms with Crippen LogP contribution in [-0.2, 0) is 19.2 Å². The molecule has 0 aromatic rings. The maximum Gasteiger partial charge on any atom is 0.471 e. The molecule has 0 saturated heterocycles. The standard InChI is InChI=1S/C16H23F6N3O4/c1-9(5-3-7-23-13(28)15(17,18)19)12(27)25-11(10(2)26)6-4-8-24-14(29)16(20,21)22/h9,11H,3-8H2,1-2H3,(H,23,28)(H,24,29)(H,25,27)/t9-,11-/m0/s1. The van der Waals surface area contributed by atoms with Crippen molar-refractivity contribution in [3.8, 4) is 0 Å². The second kappa shape index (κ2) is 11.6. The summed E-state index contributed by atoms with van der Waals surface area (Å²) in [6, 6.07) is -0.974. The molecule has 0 aromatic carbocycles. The largest absolute Gasteiger partial charge is 0.471 e. The summed E-state index contributed by atoms with van der Waals surface area (Å²) in [6.07, 6.45) is -9.78. The van der Waals surface area contributed by atoms with Crippen LogP contribution in [0.5, 0.6) is 0 Å². The van der Waals surface area contributed by atoms with Crippen molar-refractivity contribution in [3.63, 3.8) is 0 Å². The van der Waals surface area contributed by atoms with E-state index in [0.29, 0.717) is 0 Å². The Bertz CT molecular complexity index is 592. The number of Topliss-reactive ketones (excluding diaryl/α,β-unsaturated/α-hetero) is 1. The van der Waals surface area contributed by atoms with Gasteiger partial charge in [0.2, 0.25) is 5.91 Å². The Kier molecular flexibility index (Phi) is 10.7. The summed E-state index contributed by atoms with van der Waals surface area (Å²) >= 11 is 0. The van der Waals surface area contributed by atoms with E-state index < -0.39 is 47.8 Å². The molecular formula is C16H23F6N3O4. The van der Waals surface area contributed by atoms with Crippen LogP contribution in [0.2, 0.25) is 0 Å². The first-order chi connectivity index (χ1) is 13.2. The van der Waals surface area contributed by atoms with Gasteiger partial charge >= 0.3 is 24.2 Å². The fraction of sp³-hybridized carbons (Fsp3) is 0.750. The minimum Gasteiger partial charge on any atom is -0.348 e. The third-order valence-corrected chi connectivity index (χ3v) is 3.82. The molecule has 13 heteroatoms. The molecule has 0 heterocycles. The SMILES string of the molecule is CC(=O)[C@H](CCCNC(=O)C(F)(F)F)NC(=O)[C@@H](C)CCCNC(=O)C(F)(F)F. The number of carbonyl (C=O) groups excluding carboxylic acids is 4. The third-order valence-electron chi connectivity index (χ3n) is 3.82. The van der Waals surface area contributed by atoms with E-state index in [1.807, 2.05) is 0 Å². The number of alkyl halides is 6. The van der Waals surface area contributed by atoms with E-state index >= 15 is 0 Å². The number of ketones is 1. The van der Waals surface area contributed by atoms with Crippen molar-refractivity contribution in [3.05, 3.63) is 0 Å². The second-order valence-electron chi connectivity index (χ2n) is 6.36. The van der Waals surface area contributed by atoms with Gasteiger partial charge in [-0.2, -0.15) is 26.3 Å². The first-order valence-corrected chi connectivity index (χ1v) is 8.67. The lowest BCUT2D eigenvalue weighted by molar-refractivity contribution is -0.173. The van der Waals surface area contributed by atoms with Crippen LogP contribution in [-0.4, -0.2) is 55.0 Å². The Morgan fingerprint density at radius 2 is 1.21 bits per heavy atom. The second-order valence-corrected chi connectivity index (χ2v) is 6.36. The van der Waals surface area contributed by atoms with E-state index in [9.17, 15) is 45.5 Å². The first-order valence-electron chi connectivity index (χ1n) is 8.67. The summed E-state index contributed by atoms with van der Waals surface area (Å²) in [4.78, 5) is 45.0. The zero-order valence-electron chi connectivity index (χ0n) is 15.8. The summed E-state index contributed by atoms with van der Waals surface area (Å²) in [5, 5.41) is 5.73. The van der Waals surface area contributed by atoms with Gasteiger partial charge in [0, 0.05) is 19.0 Å². The molecule has 7 nitrogen and oxygen atoms in total. The number of hydrogen-bond donors (Lipinski definition) is 3. The molecular weight excluding hydrogens is 412 g/mol. The van der Waals surface area contributed by atoms with Crippen LogP contribution in [0.25, 0.3) is 0 Å². The summed E-state index contributed by atoms with van der Waals surface area (Å²) in [6.45, 7) is 2.02. The summed E-state index contributed by atoms with van der Waals surface area (Å²) in [5.41, 5.74) is 0. The van der Waals surface area contributed by atoms with E-state index in [1.165, 1.54) is 13.8 Å². The van der Waals surface area contributed by atoms with Crippen molar-refractivity contribution >= 4 is 23.5 Å². The van der Waals surface area contributed by atoms with Crippen molar-refractivity contribution in [2.45, 2.75) is 57.9 Å². The van der Waals surface area contributed by atoms with E-state index in [-0.39, 0.29) is 38.8 Å². The molecule has 0 aliphatic carbocycles. The molecule has 168 valence electrons. The van der Waals surface area contributed by atoms with Crippen LogP contribution in [0, 0.1) is 5.92 Å². The molecule has 0 saturated carbocycles. The summed E-state index contributed by atoms with van der Waals surface area (Å²) in [5.74, 6) is -5.86. The number of hydrogen-bond acceptors (Lipinski definition) is 4. The monoisotopic (exact) mass is 435 g/mol. The molecule has 0 aromatic heterocycles. The van der Waals surface area contributed by atoms with Crippen molar-refractivity contribution in [2.75, 3.05) is 13.1 Å². The smallest absolute Gasteiger partial charge is 0.348 e. The molecule has 0 fully saturated rings. The van der Waals surface area contributed by atoms with Crippen LogP contribution >= 0.6 is 0 Å². The Labute approximate surface area is 163 Å². The average Bonchev–Trinajstić information content (AvgIpc) is 2.58. The summed E-state index contributed by atoms with van der Waals surface area (Å²) < 4.78 is 72.2. The van der Waals surface area contributed by atoms with Gasteiger partial charge in [0.05, 0.1) is 6.04 Å². The maximum atomic E-state index is 12.1. The molecule has 0 aliphatic heterocycles. The lowest BCUT2D eigenvalue weighted by atomic mass is 10.0. The van der Waals surface area contributed by atoms with Crippen LogP contribution < -0.4 is 16.0 Å². The molecule has 0 rings (SSSR count). The van der Waals surface area contributed by atoms with Gasteiger partial charge in [0.1, 0.15) is 0 Å². The van der Waals surface area contributed by atoms with Gasteiger partial charge in [-0.15, -0.1) is 0 Å². The zero-order valence-corrected chi connectivity index (χ0v) is 15.8.